The van der Waals surface area contributed by atoms with Gasteiger partial charge in [0.1, 0.15) is 5.82 Å². The van der Waals surface area contributed by atoms with Crippen LogP contribution in [0, 0.1) is 0 Å². The highest BCUT2D eigenvalue weighted by atomic mass is 16.3. The lowest BCUT2D eigenvalue weighted by molar-refractivity contribution is 0.301. The SMILES string of the molecule is CCCCN(CCO)c1cc(CC)nc(-c2ccncc2)n1. The number of hydrogen-bond donors (Lipinski definition) is 1. The zero-order valence-electron chi connectivity index (χ0n) is 13.4. The zero-order valence-corrected chi connectivity index (χ0v) is 13.4. The van der Waals surface area contributed by atoms with Gasteiger partial charge in [-0.25, -0.2) is 9.97 Å². The number of aliphatic hydroxyl groups excluding tert-OH is 1. The molecule has 22 heavy (non-hydrogen) atoms. The Morgan fingerprint density at radius 3 is 2.50 bits per heavy atom. The summed E-state index contributed by atoms with van der Waals surface area (Å²) in [4.78, 5) is 15.5. The Kier molecular flexibility index (Phi) is 6.27. The van der Waals surface area contributed by atoms with Crippen LogP contribution in [0.2, 0.25) is 0 Å². The molecule has 0 atom stereocenters. The Morgan fingerprint density at radius 1 is 1.09 bits per heavy atom. The van der Waals surface area contributed by atoms with Crippen molar-refractivity contribution < 1.29 is 5.11 Å². The van der Waals surface area contributed by atoms with E-state index < -0.39 is 0 Å². The monoisotopic (exact) mass is 300 g/mol. The number of unbranched alkanes of at least 4 members (excludes halogenated alkanes) is 1. The summed E-state index contributed by atoms with van der Waals surface area (Å²) >= 11 is 0. The summed E-state index contributed by atoms with van der Waals surface area (Å²) in [5, 5.41) is 9.32. The lowest BCUT2D eigenvalue weighted by Crippen LogP contribution is -2.29. The third-order valence-electron chi connectivity index (χ3n) is 3.54. The van der Waals surface area contributed by atoms with Crippen LogP contribution in [0.5, 0.6) is 0 Å². The van der Waals surface area contributed by atoms with Crippen LogP contribution in [0.4, 0.5) is 5.82 Å². The van der Waals surface area contributed by atoms with Crippen molar-refractivity contribution in [3.63, 3.8) is 0 Å². The minimum atomic E-state index is 0.125. The number of rotatable bonds is 8. The van der Waals surface area contributed by atoms with E-state index in [9.17, 15) is 5.11 Å². The van der Waals surface area contributed by atoms with E-state index in [1.807, 2.05) is 18.2 Å². The fourth-order valence-electron chi connectivity index (χ4n) is 2.27. The zero-order chi connectivity index (χ0) is 15.8. The molecular weight excluding hydrogens is 276 g/mol. The van der Waals surface area contributed by atoms with Crippen molar-refractivity contribution in [2.45, 2.75) is 33.1 Å². The molecule has 5 nitrogen and oxygen atoms in total. The van der Waals surface area contributed by atoms with Crippen LogP contribution in [0.15, 0.2) is 30.6 Å². The van der Waals surface area contributed by atoms with E-state index in [0.717, 1.165) is 48.7 Å². The predicted octanol–water partition coefficient (Wildman–Crippen LogP) is 2.70. The van der Waals surface area contributed by atoms with Gasteiger partial charge in [0.05, 0.1) is 6.61 Å². The lowest BCUT2D eigenvalue weighted by Gasteiger charge is -2.23. The van der Waals surface area contributed by atoms with Crippen LogP contribution >= 0.6 is 0 Å². The van der Waals surface area contributed by atoms with Crippen molar-refractivity contribution in [3.8, 4) is 11.4 Å². The van der Waals surface area contributed by atoms with Gasteiger partial charge >= 0.3 is 0 Å². The van der Waals surface area contributed by atoms with Crippen molar-refractivity contribution in [2.75, 3.05) is 24.6 Å². The number of nitrogens with zero attached hydrogens (tertiary/aromatic N) is 4. The summed E-state index contributed by atoms with van der Waals surface area (Å²) < 4.78 is 0. The second kappa shape index (κ2) is 8.44. The Hall–Kier alpha value is -2.01. The Labute approximate surface area is 132 Å². The topological polar surface area (TPSA) is 62.1 Å². The highest BCUT2D eigenvalue weighted by molar-refractivity contribution is 5.57. The molecule has 2 rings (SSSR count). The van der Waals surface area contributed by atoms with Crippen LogP contribution in [-0.2, 0) is 6.42 Å². The average molecular weight is 300 g/mol. The van der Waals surface area contributed by atoms with Gasteiger partial charge in [0.15, 0.2) is 5.82 Å². The molecule has 2 aromatic heterocycles. The lowest BCUT2D eigenvalue weighted by atomic mass is 10.2. The second-order valence-corrected chi connectivity index (χ2v) is 5.19. The molecule has 5 heteroatoms. The Morgan fingerprint density at radius 2 is 1.86 bits per heavy atom. The van der Waals surface area contributed by atoms with Crippen molar-refractivity contribution >= 4 is 5.82 Å². The highest BCUT2D eigenvalue weighted by Gasteiger charge is 2.12. The summed E-state index contributed by atoms with van der Waals surface area (Å²) in [6, 6.07) is 5.86. The van der Waals surface area contributed by atoms with Gasteiger partial charge in [-0.15, -0.1) is 0 Å². The molecule has 2 heterocycles. The third kappa shape index (κ3) is 4.24. The Bertz CT molecular complexity index is 574. The van der Waals surface area contributed by atoms with Crippen LogP contribution < -0.4 is 4.90 Å². The number of aliphatic hydroxyl groups is 1. The largest absolute Gasteiger partial charge is 0.395 e. The first kappa shape index (κ1) is 16.4. The highest BCUT2D eigenvalue weighted by Crippen LogP contribution is 2.20. The minimum absolute atomic E-state index is 0.125. The van der Waals surface area contributed by atoms with E-state index in [1.54, 1.807) is 12.4 Å². The first-order valence-electron chi connectivity index (χ1n) is 7.92. The van der Waals surface area contributed by atoms with Crippen LogP contribution in [-0.4, -0.2) is 39.8 Å². The molecule has 0 aromatic carbocycles. The third-order valence-corrected chi connectivity index (χ3v) is 3.54. The van der Waals surface area contributed by atoms with Gasteiger partial charge in [-0.3, -0.25) is 4.98 Å². The maximum atomic E-state index is 9.32. The summed E-state index contributed by atoms with van der Waals surface area (Å²) in [6.07, 6.45) is 6.55. The number of pyridine rings is 1. The molecule has 1 N–H and O–H groups in total. The van der Waals surface area contributed by atoms with Gasteiger partial charge in [0.2, 0.25) is 0 Å². The average Bonchev–Trinajstić information content (AvgIpc) is 2.59. The number of hydrogen-bond acceptors (Lipinski definition) is 5. The molecule has 0 aliphatic heterocycles. The van der Waals surface area contributed by atoms with Gasteiger partial charge in [0.25, 0.3) is 0 Å². The van der Waals surface area contributed by atoms with Crippen molar-refractivity contribution in [2.24, 2.45) is 0 Å². The summed E-state index contributed by atoms with van der Waals surface area (Å²) in [6.45, 7) is 5.87. The summed E-state index contributed by atoms with van der Waals surface area (Å²) in [5.74, 6) is 1.61. The first-order valence-corrected chi connectivity index (χ1v) is 7.92. The number of aromatic nitrogens is 3. The summed E-state index contributed by atoms with van der Waals surface area (Å²) in [7, 11) is 0. The van der Waals surface area contributed by atoms with E-state index in [0.29, 0.717) is 6.54 Å². The van der Waals surface area contributed by atoms with E-state index in [4.69, 9.17) is 4.98 Å². The van der Waals surface area contributed by atoms with E-state index in [2.05, 4.69) is 28.7 Å². The van der Waals surface area contributed by atoms with Crippen LogP contribution in [0.1, 0.15) is 32.4 Å². The minimum Gasteiger partial charge on any atom is -0.395 e. The predicted molar refractivity (Wildman–Crippen MR) is 88.8 cm³/mol. The van der Waals surface area contributed by atoms with Gasteiger partial charge in [-0.2, -0.15) is 0 Å². The molecule has 2 aromatic rings. The van der Waals surface area contributed by atoms with Crippen molar-refractivity contribution in [1.82, 2.24) is 15.0 Å². The molecule has 118 valence electrons. The van der Waals surface area contributed by atoms with E-state index in [-0.39, 0.29) is 6.61 Å². The maximum Gasteiger partial charge on any atom is 0.161 e. The van der Waals surface area contributed by atoms with Gasteiger partial charge in [0, 0.05) is 42.8 Å². The van der Waals surface area contributed by atoms with E-state index >= 15 is 0 Å². The van der Waals surface area contributed by atoms with Gasteiger partial charge < -0.3 is 10.0 Å². The van der Waals surface area contributed by atoms with Crippen molar-refractivity contribution in [1.29, 1.82) is 0 Å². The molecule has 0 fully saturated rings. The molecule has 0 saturated carbocycles. The molecule has 0 aliphatic carbocycles. The molecule has 0 amide bonds. The van der Waals surface area contributed by atoms with E-state index in [1.165, 1.54) is 0 Å². The molecular formula is C17H24N4O. The number of aryl methyl sites for hydroxylation is 1. The Balaban J connectivity index is 2.37. The molecule has 0 bridgehead atoms. The summed E-state index contributed by atoms with van der Waals surface area (Å²) in [5.41, 5.74) is 1.97. The maximum absolute atomic E-state index is 9.32. The smallest absolute Gasteiger partial charge is 0.161 e. The van der Waals surface area contributed by atoms with Crippen LogP contribution in [0.25, 0.3) is 11.4 Å². The van der Waals surface area contributed by atoms with Crippen molar-refractivity contribution in [3.05, 3.63) is 36.3 Å². The molecule has 0 aliphatic rings. The normalized spacial score (nSPS) is 10.7. The second-order valence-electron chi connectivity index (χ2n) is 5.19. The fourth-order valence-corrected chi connectivity index (χ4v) is 2.27. The standard InChI is InChI=1S/C17H24N4O/c1-3-5-10-21(11-12-22)16-13-15(4-2)19-17(20-16)14-6-8-18-9-7-14/h6-9,13,22H,3-5,10-12H2,1-2H3. The number of anilines is 1. The van der Waals surface area contributed by atoms with Gasteiger partial charge in [-0.05, 0) is 25.0 Å². The molecule has 0 spiro atoms. The van der Waals surface area contributed by atoms with Crippen LogP contribution in [0.3, 0.4) is 0 Å². The molecule has 0 unspecified atom stereocenters. The first-order chi connectivity index (χ1) is 10.8. The van der Waals surface area contributed by atoms with Gasteiger partial charge in [-0.1, -0.05) is 20.3 Å². The quantitative estimate of drug-likeness (QED) is 0.812. The fraction of sp³-hybridized carbons (Fsp3) is 0.471. The molecule has 0 saturated heterocycles. The molecule has 0 radical (unpaired) electrons.